The lowest BCUT2D eigenvalue weighted by Crippen LogP contribution is -2.27. The monoisotopic (exact) mass is 342 g/mol. The van der Waals surface area contributed by atoms with Gasteiger partial charge in [-0.1, -0.05) is 20.8 Å². The molecule has 0 aromatic carbocycles. The van der Waals surface area contributed by atoms with E-state index >= 15 is 0 Å². The third-order valence-corrected chi connectivity index (χ3v) is 4.16. The molecular weight excluding hydrogens is 316 g/mol. The van der Waals surface area contributed by atoms with Crippen molar-refractivity contribution in [2.75, 3.05) is 38.8 Å². The summed E-state index contributed by atoms with van der Waals surface area (Å²) in [5.41, 5.74) is 0.372. The maximum atomic E-state index is 12.2. The highest BCUT2D eigenvalue weighted by Gasteiger charge is 2.22. The number of anilines is 1. The van der Waals surface area contributed by atoms with Gasteiger partial charge in [0.1, 0.15) is 0 Å². The summed E-state index contributed by atoms with van der Waals surface area (Å²) in [6, 6.07) is 1.82. The van der Waals surface area contributed by atoms with Crippen LogP contribution in [-0.4, -0.2) is 45.3 Å². The van der Waals surface area contributed by atoms with Crippen LogP contribution in [0.3, 0.4) is 0 Å². The quantitative estimate of drug-likeness (QED) is 0.712. The summed E-state index contributed by atoms with van der Waals surface area (Å²) in [7, 11) is 1.61. The van der Waals surface area contributed by atoms with Crippen LogP contribution in [0.2, 0.25) is 0 Å². The van der Waals surface area contributed by atoms with Crippen LogP contribution in [0.15, 0.2) is 6.07 Å². The fourth-order valence-corrected chi connectivity index (χ4v) is 2.61. The lowest BCUT2D eigenvalue weighted by Gasteiger charge is -2.16. The van der Waals surface area contributed by atoms with Gasteiger partial charge < -0.3 is 20.1 Å². The molecule has 0 spiro atoms. The van der Waals surface area contributed by atoms with E-state index in [1.165, 1.54) is 11.3 Å². The van der Waals surface area contributed by atoms with Crippen LogP contribution in [0.5, 0.6) is 0 Å². The minimum Gasteiger partial charge on any atom is -0.382 e. The Hall–Kier alpha value is -1.44. The molecule has 0 saturated carbocycles. The largest absolute Gasteiger partial charge is 0.382 e. The second-order valence-electron chi connectivity index (χ2n) is 6.19. The molecule has 7 heteroatoms. The van der Waals surface area contributed by atoms with Gasteiger partial charge in [-0.15, -0.1) is 11.3 Å². The van der Waals surface area contributed by atoms with Gasteiger partial charge in [-0.25, -0.2) is 0 Å². The van der Waals surface area contributed by atoms with Gasteiger partial charge in [-0.2, -0.15) is 0 Å². The molecule has 0 saturated heterocycles. The van der Waals surface area contributed by atoms with Crippen molar-refractivity contribution < 1.29 is 19.1 Å². The molecule has 2 N–H and O–H groups in total. The Morgan fingerprint density at radius 1 is 1.22 bits per heavy atom. The van der Waals surface area contributed by atoms with Gasteiger partial charge in [0, 0.05) is 19.1 Å². The molecule has 0 aliphatic carbocycles. The summed E-state index contributed by atoms with van der Waals surface area (Å²) >= 11 is 1.28. The first kappa shape index (κ1) is 19.6. The topological polar surface area (TPSA) is 76.7 Å². The predicted octanol–water partition coefficient (Wildman–Crippen LogP) is 2.43. The molecule has 2 amide bonds. The minimum atomic E-state index is -0.472. The van der Waals surface area contributed by atoms with E-state index in [1.54, 1.807) is 7.11 Å². The van der Waals surface area contributed by atoms with E-state index in [0.717, 1.165) is 5.56 Å². The van der Waals surface area contributed by atoms with Crippen LogP contribution in [0.4, 0.5) is 5.00 Å². The van der Waals surface area contributed by atoms with Crippen molar-refractivity contribution in [3.63, 3.8) is 0 Å². The number of aryl methyl sites for hydroxylation is 1. The number of amides is 2. The van der Waals surface area contributed by atoms with Gasteiger partial charge >= 0.3 is 0 Å². The van der Waals surface area contributed by atoms with Crippen molar-refractivity contribution in [1.82, 2.24) is 5.32 Å². The second-order valence-corrected chi connectivity index (χ2v) is 7.24. The first-order valence-corrected chi connectivity index (χ1v) is 8.34. The highest BCUT2D eigenvalue weighted by molar-refractivity contribution is 7.18. The zero-order valence-corrected chi connectivity index (χ0v) is 15.3. The number of rotatable bonds is 8. The Bertz CT molecular complexity index is 535. The van der Waals surface area contributed by atoms with Crippen molar-refractivity contribution in [1.29, 1.82) is 0 Å². The molecule has 1 aromatic heterocycles. The molecule has 0 unspecified atom stereocenters. The summed E-state index contributed by atoms with van der Waals surface area (Å²) in [6.45, 7) is 9.31. The smallest absolute Gasteiger partial charge is 0.261 e. The van der Waals surface area contributed by atoms with Gasteiger partial charge in [0.05, 0.1) is 29.7 Å². The van der Waals surface area contributed by atoms with E-state index in [-0.39, 0.29) is 11.8 Å². The summed E-state index contributed by atoms with van der Waals surface area (Å²) in [5.74, 6) is -0.226. The molecular formula is C16H26N2O4S. The minimum absolute atomic E-state index is 0.0720. The van der Waals surface area contributed by atoms with E-state index in [1.807, 2.05) is 33.8 Å². The molecule has 0 fully saturated rings. The van der Waals surface area contributed by atoms with Crippen LogP contribution in [0.1, 0.15) is 36.0 Å². The van der Waals surface area contributed by atoms with E-state index in [4.69, 9.17) is 9.47 Å². The van der Waals surface area contributed by atoms with Crippen LogP contribution in [-0.2, 0) is 14.3 Å². The maximum absolute atomic E-state index is 12.2. The standard InChI is InChI=1S/C16H26N2O4S/c1-11-10-12(18-15(20)16(2,3)4)23-13(11)14(19)17-6-7-22-9-8-21-5/h10H,6-9H2,1-5H3,(H,17,19)(H,18,20). The first-order valence-electron chi connectivity index (χ1n) is 7.52. The van der Waals surface area contributed by atoms with E-state index in [9.17, 15) is 9.59 Å². The molecule has 1 rings (SSSR count). The number of hydrogen-bond acceptors (Lipinski definition) is 5. The number of nitrogens with one attached hydrogen (secondary N) is 2. The van der Waals surface area contributed by atoms with Crippen LogP contribution < -0.4 is 10.6 Å². The molecule has 0 bridgehead atoms. The Morgan fingerprint density at radius 3 is 2.52 bits per heavy atom. The SMILES string of the molecule is COCCOCCNC(=O)c1sc(NC(=O)C(C)(C)C)cc1C. The van der Waals surface area contributed by atoms with Crippen molar-refractivity contribution in [2.24, 2.45) is 5.41 Å². The fourth-order valence-electron chi connectivity index (χ4n) is 1.63. The summed E-state index contributed by atoms with van der Waals surface area (Å²) in [6.07, 6.45) is 0. The molecule has 0 aliphatic rings. The normalized spacial score (nSPS) is 11.3. The van der Waals surface area contributed by atoms with Crippen molar-refractivity contribution in [3.8, 4) is 0 Å². The second kappa shape index (κ2) is 9.00. The molecule has 0 aliphatic heterocycles. The fraction of sp³-hybridized carbons (Fsp3) is 0.625. The first-order chi connectivity index (χ1) is 10.8. The lowest BCUT2D eigenvalue weighted by atomic mass is 9.96. The predicted molar refractivity (Wildman–Crippen MR) is 92.2 cm³/mol. The van der Waals surface area contributed by atoms with Crippen LogP contribution in [0.25, 0.3) is 0 Å². The Balaban J connectivity index is 2.50. The van der Waals surface area contributed by atoms with Crippen molar-refractivity contribution >= 4 is 28.2 Å². The van der Waals surface area contributed by atoms with Gasteiger partial charge in [0.15, 0.2) is 0 Å². The summed E-state index contributed by atoms with van der Waals surface area (Å²) in [4.78, 5) is 24.7. The van der Waals surface area contributed by atoms with Crippen LogP contribution >= 0.6 is 11.3 Å². The maximum Gasteiger partial charge on any atom is 0.261 e. The van der Waals surface area contributed by atoms with E-state index < -0.39 is 5.41 Å². The summed E-state index contributed by atoms with van der Waals surface area (Å²) < 4.78 is 10.2. The number of methoxy groups -OCH3 is 1. The number of ether oxygens (including phenoxy) is 2. The molecule has 1 heterocycles. The number of carbonyl (C=O) groups is 2. The Kier molecular flexibility index (Phi) is 7.67. The number of hydrogen-bond donors (Lipinski definition) is 2. The van der Waals surface area contributed by atoms with Crippen LogP contribution in [0, 0.1) is 12.3 Å². The zero-order chi connectivity index (χ0) is 17.5. The third-order valence-electron chi connectivity index (χ3n) is 3.01. The molecule has 0 radical (unpaired) electrons. The van der Waals surface area contributed by atoms with Crippen molar-refractivity contribution in [2.45, 2.75) is 27.7 Å². The third kappa shape index (κ3) is 6.68. The molecule has 0 atom stereocenters. The Labute approximate surface area is 141 Å². The van der Waals surface area contributed by atoms with Crippen molar-refractivity contribution in [3.05, 3.63) is 16.5 Å². The van der Waals surface area contributed by atoms with Gasteiger partial charge in [-0.3, -0.25) is 9.59 Å². The molecule has 1 aromatic rings. The average Bonchev–Trinajstić information content (AvgIpc) is 2.82. The highest BCUT2D eigenvalue weighted by Crippen LogP contribution is 2.28. The zero-order valence-electron chi connectivity index (χ0n) is 14.4. The highest BCUT2D eigenvalue weighted by atomic mass is 32.1. The molecule has 6 nitrogen and oxygen atoms in total. The molecule has 130 valence electrons. The van der Waals surface area contributed by atoms with E-state index in [2.05, 4.69) is 10.6 Å². The summed E-state index contributed by atoms with van der Waals surface area (Å²) in [5, 5.41) is 6.34. The average molecular weight is 342 g/mol. The van der Waals surface area contributed by atoms with Gasteiger partial charge in [-0.05, 0) is 18.6 Å². The van der Waals surface area contributed by atoms with Gasteiger partial charge in [0.2, 0.25) is 5.91 Å². The molecule has 23 heavy (non-hydrogen) atoms. The number of thiophene rings is 1. The Morgan fingerprint density at radius 2 is 1.91 bits per heavy atom. The van der Waals surface area contributed by atoms with Gasteiger partial charge in [0.25, 0.3) is 5.91 Å². The number of carbonyl (C=O) groups excluding carboxylic acids is 2. The lowest BCUT2D eigenvalue weighted by molar-refractivity contribution is -0.123. The van der Waals surface area contributed by atoms with E-state index in [0.29, 0.717) is 36.2 Å².